The van der Waals surface area contributed by atoms with Gasteiger partial charge >= 0.3 is 0 Å². The molecule has 1 aliphatic heterocycles. The highest BCUT2D eigenvalue weighted by Crippen LogP contribution is 2.26. The van der Waals surface area contributed by atoms with Gasteiger partial charge in [-0.1, -0.05) is 0 Å². The van der Waals surface area contributed by atoms with Crippen LogP contribution < -0.4 is 10.1 Å². The summed E-state index contributed by atoms with van der Waals surface area (Å²) < 4.78 is 4.96. The summed E-state index contributed by atoms with van der Waals surface area (Å²) in [5, 5.41) is 12.7. The van der Waals surface area contributed by atoms with Crippen LogP contribution in [0, 0.1) is 0 Å². The lowest BCUT2D eigenvalue weighted by atomic mass is 10.1. The van der Waals surface area contributed by atoms with Crippen molar-refractivity contribution in [3.05, 3.63) is 23.8 Å². The van der Waals surface area contributed by atoms with Crippen LogP contribution in [0.1, 0.15) is 23.2 Å². The first kappa shape index (κ1) is 13.7. The zero-order chi connectivity index (χ0) is 13.8. The molecule has 5 heteroatoms. The van der Waals surface area contributed by atoms with Gasteiger partial charge in [-0.05, 0) is 44.6 Å². The van der Waals surface area contributed by atoms with E-state index in [1.807, 2.05) is 0 Å². The molecule has 0 aromatic heterocycles. The Morgan fingerprint density at radius 3 is 2.95 bits per heavy atom. The average Bonchev–Trinajstić information content (AvgIpc) is 2.38. The maximum atomic E-state index is 12.1. The minimum atomic E-state index is -0.154. The molecular formula is C14H20N2O3. The van der Waals surface area contributed by atoms with Crippen LogP contribution in [0.25, 0.3) is 0 Å². The molecule has 0 aliphatic carbocycles. The molecular weight excluding hydrogens is 244 g/mol. The molecule has 1 saturated heterocycles. The number of hydrogen-bond acceptors (Lipinski definition) is 4. The summed E-state index contributed by atoms with van der Waals surface area (Å²) in [5.41, 5.74) is 0.450. The van der Waals surface area contributed by atoms with Crippen LogP contribution in [0.3, 0.4) is 0 Å². The molecule has 0 saturated carbocycles. The first-order valence-corrected chi connectivity index (χ1v) is 6.46. The van der Waals surface area contributed by atoms with Gasteiger partial charge in [-0.2, -0.15) is 0 Å². The number of amides is 1. The molecule has 1 aromatic carbocycles. The van der Waals surface area contributed by atoms with Crippen LogP contribution in [0.5, 0.6) is 11.5 Å². The molecule has 1 aromatic rings. The summed E-state index contributed by atoms with van der Waals surface area (Å²) >= 11 is 0. The third kappa shape index (κ3) is 3.38. The normalized spacial score (nSPS) is 20.0. The minimum absolute atomic E-state index is 0.0177. The van der Waals surface area contributed by atoms with E-state index in [2.05, 4.69) is 17.3 Å². The van der Waals surface area contributed by atoms with Crippen molar-refractivity contribution in [3.63, 3.8) is 0 Å². The Morgan fingerprint density at radius 2 is 2.32 bits per heavy atom. The van der Waals surface area contributed by atoms with E-state index in [0.29, 0.717) is 11.3 Å². The van der Waals surface area contributed by atoms with Gasteiger partial charge in [0.2, 0.25) is 0 Å². The number of carbonyl (C=O) groups excluding carboxylic acids is 1. The maximum absolute atomic E-state index is 12.1. The molecule has 0 spiro atoms. The third-order valence-electron chi connectivity index (χ3n) is 3.40. The summed E-state index contributed by atoms with van der Waals surface area (Å²) in [7, 11) is 3.53. The van der Waals surface area contributed by atoms with Crippen LogP contribution in [0.4, 0.5) is 0 Å². The number of piperidine rings is 1. The first-order chi connectivity index (χ1) is 9.10. The lowest BCUT2D eigenvalue weighted by Gasteiger charge is -2.30. The van der Waals surface area contributed by atoms with Gasteiger partial charge in [-0.15, -0.1) is 0 Å². The van der Waals surface area contributed by atoms with Crippen molar-refractivity contribution in [1.82, 2.24) is 10.2 Å². The Balaban J connectivity index is 2.01. The van der Waals surface area contributed by atoms with Gasteiger partial charge in [-0.25, -0.2) is 0 Å². The van der Waals surface area contributed by atoms with E-state index < -0.39 is 0 Å². The van der Waals surface area contributed by atoms with Gasteiger partial charge in [0.25, 0.3) is 5.91 Å². The number of ether oxygens (including phenoxy) is 1. The maximum Gasteiger partial charge on any atom is 0.251 e. The molecule has 1 aliphatic rings. The number of likely N-dealkylation sites (tertiary alicyclic amines) is 1. The van der Waals surface area contributed by atoms with Gasteiger partial charge in [0.1, 0.15) is 0 Å². The second kappa shape index (κ2) is 5.93. The molecule has 1 fully saturated rings. The highest BCUT2D eigenvalue weighted by atomic mass is 16.5. The molecule has 19 heavy (non-hydrogen) atoms. The van der Waals surface area contributed by atoms with Crippen LogP contribution in [-0.4, -0.2) is 49.2 Å². The minimum Gasteiger partial charge on any atom is -0.504 e. The number of likely N-dealkylation sites (N-methyl/N-ethyl adjacent to an activating group) is 1. The summed E-state index contributed by atoms with van der Waals surface area (Å²) in [6, 6.07) is 4.86. The number of methoxy groups -OCH3 is 1. The topological polar surface area (TPSA) is 61.8 Å². The molecule has 1 amide bonds. The number of phenols is 1. The molecule has 1 heterocycles. The highest BCUT2D eigenvalue weighted by Gasteiger charge is 2.20. The number of nitrogens with one attached hydrogen (secondary N) is 1. The van der Waals surface area contributed by atoms with Crippen molar-refractivity contribution >= 4 is 5.91 Å². The molecule has 2 N–H and O–H groups in total. The average molecular weight is 264 g/mol. The SMILES string of the molecule is COc1ccc(C(=O)NC2CCCN(C)C2)cc1O. The van der Waals surface area contributed by atoms with Gasteiger partial charge in [0, 0.05) is 18.2 Å². The summed E-state index contributed by atoms with van der Waals surface area (Å²) in [6.45, 7) is 1.95. The summed E-state index contributed by atoms with van der Waals surface area (Å²) in [4.78, 5) is 14.3. The van der Waals surface area contributed by atoms with Crippen molar-refractivity contribution in [2.24, 2.45) is 0 Å². The fraction of sp³-hybridized carbons (Fsp3) is 0.500. The van der Waals surface area contributed by atoms with Crippen molar-refractivity contribution in [1.29, 1.82) is 0 Å². The Bertz CT molecular complexity index is 462. The Morgan fingerprint density at radius 1 is 1.53 bits per heavy atom. The first-order valence-electron chi connectivity index (χ1n) is 6.46. The molecule has 1 atom stereocenters. The quantitative estimate of drug-likeness (QED) is 0.862. The second-order valence-electron chi connectivity index (χ2n) is 4.96. The van der Waals surface area contributed by atoms with Gasteiger partial charge in [0.15, 0.2) is 11.5 Å². The van der Waals surface area contributed by atoms with Crippen LogP contribution >= 0.6 is 0 Å². The molecule has 104 valence electrons. The van der Waals surface area contributed by atoms with Gasteiger partial charge in [-0.3, -0.25) is 4.79 Å². The fourth-order valence-electron chi connectivity index (χ4n) is 2.38. The number of hydrogen-bond donors (Lipinski definition) is 2. The molecule has 2 rings (SSSR count). The predicted octanol–water partition coefficient (Wildman–Crippen LogP) is 1.22. The zero-order valence-corrected chi connectivity index (χ0v) is 11.3. The number of aromatic hydroxyl groups is 1. The number of benzene rings is 1. The molecule has 0 bridgehead atoms. The largest absolute Gasteiger partial charge is 0.504 e. The number of phenolic OH excluding ortho intramolecular Hbond substituents is 1. The van der Waals surface area contributed by atoms with Gasteiger partial charge in [0.05, 0.1) is 7.11 Å². The van der Waals surface area contributed by atoms with E-state index in [1.54, 1.807) is 12.1 Å². The van der Waals surface area contributed by atoms with E-state index in [-0.39, 0.29) is 17.7 Å². The van der Waals surface area contributed by atoms with E-state index in [1.165, 1.54) is 13.2 Å². The molecule has 5 nitrogen and oxygen atoms in total. The zero-order valence-electron chi connectivity index (χ0n) is 11.3. The number of nitrogens with zero attached hydrogens (tertiary/aromatic N) is 1. The van der Waals surface area contributed by atoms with E-state index in [9.17, 15) is 9.90 Å². The van der Waals surface area contributed by atoms with Crippen LogP contribution in [0.2, 0.25) is 0 Å². The predicted molar refractivity (Wildman–Crippen MR) is 72.6 cm³/mol. The summed E-state index contributed by atoms with van der Waals surface area (Å²) in [6.07, 6.45) is 2.09. The van der Waals surface area contributed by atoms with Gasteiger partial charge < -0.3 is 20.1 Å². The van der Waals surface area contributed by atoms with E-state index >= 15 is 0 Å². The second-order valence-corrected chi connectivity index (χ2v) is 4.96. The summed E-state index contributed by atoms with van der Waals surface area (Å²) in [5.74, 6) is 0.197. The monoisotopic (exact) mass is 264 g/mol. The van der Waals surface area contributed by atoms with Crippen molar-refractivity contribution < 1.29 is 14.6 Å². The molecule has 0 radical (unpaired) electrons. The van der Waals surface area contributed by atoms with E-state index in [4.69, 9.17) is 4.74 Å². The molecule has 1 unspecified atom stereocenters. The van der Waals surface area contributed by atoms with Crippen LogP contribution in [0.15, 0.2) is 18.2 Å². The fourth-order valence-corrected chi connectivity index (χ4v) is 2.38. The lowest BCUT2D eigenvalue weighted by Crippen LogP contribution is -2.46. The Kier molecular flexibility index (Phi) is 4.27. The highest BCUT2D eigenvalue weighted by molar-refractivity contribution is 5.95. The van der Waals surface area contributed by atoms with Crippen molar-refractivity contribution in [2.75, 3.05) is 27.2 Å². The number of rotatable bonds is 3. The van der Waals surface area contributed by atoms with Crippen LogP contribution in [-0.2, 0) is 0 Å². The van der Waals surface area contributed by atoms with E-state index in [0.717, 1.165) is 25.9 Å². The standard InChI is InChI=1S/C14H20N2O3/c1-16-7-3-4-11(9-16)15-14(18)10-5-6-13(19-2)12(17)8-10/h5-6,8,11,17H,3-4,7,9H2,1-2H3,(H,15,18). The van der Waals surface area contributed by atoms with Crippen molar-refractivity contribution in [3.8, 4) is 11.5 Å². The van der Waals surface area contributed by atoms with Crippen molar-refractivity contribution in [2.45, 2.75) is 18.9 Å². The Labute approximate surface area is 113 Å². The smallest absolute Gasteiger partial charge is 0.251 e. The third-order valence-corrected chi connectivity index (χ3v) is 3.40. The lowest BCUT2D eigenvalue weighted by molar-refractivity contribution is 0.0912. The number of carbonyl (C=O) groups is 1. The Hall–Kier alpha value is -1.75.